The zero-order chi connectivity index (χ0) is 18.3. The summed E-state index contributed by atoms with van der Waals surface area (Å²) in [6.45, 7) is 1.94. The number of aryl methyl sites for hydroxylation is 1. The highest BCUT2D eigenvalue weighted by molar-refractivity contribution is 7.14. The molecule has 5 nitrogen and oxygen atoms in total. The van der Waals surface area contributed by atoms with Gasteiger partial charge in [0.1, 0.15) is 11.8 Å². The molecule has 0 spiro atoms. The number of hydrogen-bond donors (Lipinski definition) is 1. The predicted molar refractivity (Wildman–Crippen MR) is 102 cm³/mol. The Morgan fingerprint density at radius 3 is 2.50 bits per heavy atom. The van der Waals surface area contributed by atoms with Crippen LogP contribution in [0.3, 0.4) is 0 Å². The summed E-state index contributed by atoms with van der Waals surface area (Å²) in [5.41, 5.74) is 1.64. The van der Waals surface area contributed by atoms with Crippen molar-refractivity contribution in [2.75, 3.05) is 4.90 Å². The van der Waals surface area contributed by atoms with Gasteiger partial charge in [-0.2, -0.15) is 0 Å². The number of benzene rings is 1. The number of thiazole rings is 1. The summed E-state index contributed by atoms with van der Waals surface area (Å²) >= 11 is 2.71. The molecule has 1 atom stereocenters. The van der Waals surface area contributed by atoms with E-state index < -0.39 is 17.7 Å². The van der Waals surface area contributed by atoms with Crippen molar-refractivity contribution in [3.63, 3.8) is 0 Å². The van der Waals surface area contributed by atoms with Gasteiger partial charge in [0.25, 0.3) is 5.78 Å². The number of aromatic nitrogens is 1. The lowest BCUT2D eigenvalue weighted by Gasteiger charge is -2.21. The molecular formula is C19H14N2O3S2. The van der Waals surface area contributed by atoms with Crippen LogP contribution in [-0.4, -0.2) is 21.8 Å². The maximum atomic E-state index is 12.8. The number of nitrogens with zero attached hydrogens (tertiary/aromatic N) is 2. The molecule has 0 radical (unpaired) electrons. The van der Waals surface area contributed by atoms with Gasteiger partial charge >= 0.3 is 5.91 Å². The monoisotopic (exact) mass is 382 g/mol. The molecule has 3 aromatic rings. The highest BCUT2D eigenvalue weighted by Gasteiger charge is 2.48. The summed E-state index contributed by atoms with van der Waals surface area (Å²) in [5, 5.41) is 14.9. The highest BCUT2D eigenvalue weighted by Crippen LogP contribution is 2.43. The number of amides is 1. The van der Waals surface area contributed by atoms with Gasteiger partial charge in [-0.15, -0.1) is 22.7 Å². The van der Waals surface area contributed by atoms with E-state index in [1.165, 1.54) is 27.6 Å². The number of ketones is 1. The fraction of sp³-hybridized carbons (Fsp3) is 0.105. The molecular weight excluding hydrogens is 368 g/mol. The van der Waals surface area contributed by atoms with Crippen LogP contribution in [0.4, 0.5) is 5.13 Å². The molecule has 1 aromatic carbocycles. The summed E-state index contributed by atoms with van der Waals surface area (Å²) in [4.78, 5) is 31.8. The van der Waals surface area contributed by atoms with Gasteiger partial charge in [0.05, 0.1) is 5.57 Å². The molecule has 0 saturated carbocycles. The quantitative estimate of drug-likeness (QED) is 0.420. The fourth-order valence-corrected chi connectivity index (χ4v) is 4.44. The maximum absolute atomic E-state index is 12.8. The molecule has 7 heteroatoms. The number of thiophene rings is 1. The average molecular weight is 382 g/mol. The number of aliphatic hydroxyl groups excluding tert-OH is 1. The Morgan fingerprint density at radius 1 is 1.12 bits per heavy atom. The molecule has 2 aromatic heterocycles. The first-order chi connectivity index (χ1) is 12.6. The number of rotatable bonds is 3. The van der Waals surface area contributed by atoms with Gasteiger partial charge < -0.3 is 5.11 Å². The van der Waals surface area contributed by atoms with Crippen molar-refractivity contribution in [1.82, 2.24) is 4.98 Å². The third kappa shape index (κ3) is 2.65. The third-order valence-corrected chi connectivity index (χ3v) is 5.90. The van der Waals surface area contributed by atoms with E-state index in [0.717, 1.165) is 10.4 Å². The number of anilines is 1. The predicted octanol–water partition coefficient (Wildman–Crippen LogP) is 4.14. The lowest BCUT2D eigenvalue weighted by atomic mass is 9.99. The zero-order valence-corrected chi connectivity index (χ0v) is 15.4. The van der Waals surface area contributed by atoms with Crippen LogP contribution in [0, 0.1) is 6.92 Å². The van der Waals surface area contributed by atoms with E-state index in [4.69, 9.17) is 0 Å². The summed E-state index contributed by atoms with van der Waals surface area (Å²) in [5.74, 6) is -1.54. The van der Waals surface area contributed by atoms with Crippen LogP contribution in [0.2, 0.25) is 0 Å². The molecule has 1 saturated heterocycles. The molecule has 1 N–H and O–H groups in total. The van der Waals surface area contributed by atoms with Crippen molar-refractivity contribution >= 4 is 45.3 Å². The first-order valence-electron chi connectivity index (χ1n) is 7.89. The topological polar surface area (TPSA) is 70.5 Å². The molecule has 1 aliphatic rings. The Morgan fingerprint density at radius 2 is 1.88 bits per heavy atom. The molecule has 0 bridgehead atoms. The van der Waals surface area contributed by atoms with Crippen molar-refractivity contribution in [2.45, 2.75) is 13.0 Å². The summed E-state index contributed by atoms with van der Waals surface area (Å²) < 4.78 is 0. The number of hydrogen-bond acceptors (Lipinski definition) is 6. The lowest BCUT2D eigenvalue weighted by molar-refractivity contribution is -0.132. The van der Waals surface area contributed by atoms with Crippen molar-refractivity contribution < 1.29 is 14.7 Å². The van der Waals surface area contributed by atoms with Crippen LogP contribution in [0.5, 0.6) is 0 Å². The summed E-state index contributed by atoms with van der Waals surface area (Å²) in [6, 6.07) is 10.2. The maximum Gasteiger partial charge on any atom is 0.301 e. The summed E-state index contributed by atoms with van der Waals surface area (Å²) in [6.07, 6.45) is 1.59. The van der Waals surface area contributed by atoms with Crippen molar-refractivity contribution in [3.8, 4) is 0 Å². The highest BCUT2D eigenvalue weighted by atomic mass is 32.1. The van der Waals surface area contributed by atoms with E-state index in [-0.39, 0.29) is 11.3 Å². The van der Waals surface area contributed by atoms with Gasteiger partial charge in [-0.05, 0) is 18.4 Å². The first-order valence-corrected chi connectivity index (χ1v) is 9.65. The second-order valence-corrected chi connectivity index (χ2v) is 7.72. The second kappa shape index (κ2) is 6.51. The number of carbonyl (C=O) groups is 2. The molecule has 0 unspecified atom stereocenters. The Kier molecular flexibility index (Phi) is 4.18. The van der Waals surface area contributed by atoms with E-state index in [0.29, 0.717) is 10.7 Å². The first kappa shape index (κ1) is 16.7. The normalized spacial score (nSPS) is 19.3. The number of Topliss-reactive ketones (excluding diaryl/α,β-unsaturated/α-hetero) is 1. The number of carbonyl (C=O) groups excluding carboxylic acids is 2. The van der Waals surface area contributed by atoms with Gasteiger partial charge in [0.2, 0.25) is 0 Å². The van der Waals surface area contributed by atoms with Crippen LogP contribution in [0.1, 0.15) is 22.0 Å². The Labute approximate surface area is 157 Å². The standard InChI is InChI=1S/C19H14N2O3S2/c1-11-4-6-12(7-5-11)16(22)14-15(13-3-2-9-25-13)21(18(24)17(14)23)19-20-8-10-26-19/h2-10,15,22H,1H3/t15-/m0/s1. The molecule has 1 fully saturated rings. The van der Waals surface area contributed by atoms with Crippen molar-refractivity contribution in [1.29, 1.82) is 0 Å². The summed E-state index contributed by atoms with van der Waals surface area (Å²) in [7, 11) is 0. The minimum absolute atomic E-state index is 0.0940. The van der Waals surface area contributed by atoms with E-state index in [1.807, 2.05) is 36.6 Å². The Bertz CT molecular complexity index is 990. The molecule has 1 aliphatic heterocycles. The molecule has 1 amide bonds. The largest absolute Gasteiger partial charge is 0.507 e. The van der Waals surface area contributed by atoms with Crippen LogP contribution < -0.4 is 4.90 Å². The molecule has 26 heavy (non-hydrogen) atoms. The number of aliphatic hydroxyl groups is 1. The molecule has 4 rings (SSSR count). The van der Waals surface area contributed by atoms with Crippen LogP contribution >= 0.6 is 22.7 Å². The molecule has 0 aliphatic carbocycles. The van der Waals surface area contributed by atoms with E-state index in [9.17, 15) is 14.7 Å². The van der Waals surface area contributed by atoms with Crippen LogP contribution in [-0.2, 0) is 9.59 Å². The Hall–Kier alpha value is -2.77. The van der Waals surface area contributed by atoms with Crippen molar-refractivity contribution in [2.24, 2.45) is 0 Å². The van der Waals surface area contributed by atoms with Crippen LogP contribution in [0.25, 0.3) is 5.76 Å². The SMILES string of the molecule is Cc1ccc(C(O)=C2C(=O)C(=O)N(c3nccs3)[C@H]2c2cccs2)cc1. The van der Waals surface area contributed by atoms with Gasteiger partial charge in [-0.25, -0.2) is 4.98 Å². The average Bonchev–Trinajstić information content (AvgIpc) is 3.37. The van der Waals surface area contributed by atoms with Gasteiger partial charge in [0.15, 0.2) is 5.13 Å². The van der Waals surface area contributed by atoms with Gasteiger partial charge in [-0.3, -0.25) is 14.5 Å². The zero-order valence-electron chi connectivity index (χ0n) is 13.7. The molecule has 3 heterocycles. The second-order valence-electron chi connectivity index (χ2n) is 5.87. The van der Waals surface area contributed by atoms with Gasteiger partial charge in [-0.1, -0.05) is 35.9 Å². The molecule has 130 valence electrons. The van der Waals surface area contributed by atoms with Crippen molar-refractivity contribution in [3.05, 3.63) is 74.9 Å². The third-order valence-electron chi connectivity index (χ3n) is 4.21. The van der Waals surface area contributed by atoms with E-state index >= 15 is 0 Å². The minimum atomic E-state index is -0.698. The lowest BCUT2D eigenvalue weighted by Crippen LogP contribution is -2.28. The smallest absolute Gasteiger partial charge is 0.301 e. The fourth-order valence-electron chi connectivity index (χ4n) is 2.95. The van der Waals surface area contributed by atoms with E-state index in [1.54, 1.807) is 23.7 Å². The van der Waals surface area contributed by atoms with E-state index in [2.05, 4.69) is 4.98 Å². The van der Waals surface area contributed by atoms with Gasteiger partial charge in [0, 0.05) is 22.0 Å². The van der Waals surface area contributed by atoms with Crippen LogP contribution in [0.15, 0.2) is 58.9 Å². The Balaban J connectivity index is 1.92. The minimum Gasteiger partial charge on any atom is -0.507 e.